The molecule has 2 bridgehead atoms. The van der Waals surface area contributed by atoms with Crippen LogP contribution >= 0.6 is 0 Å². The van der Waals surface area contributed by atoms with Crippen molar-refractivity contribution in [3.63, 3.8) is 0 Å². The third-order valence-corrected chi connectivity index (χ3v) is 11.9. The molecule has 3 aliphatic rings. The van der Waals surface area contributed by atoms with Crippen LogP contribution in [-0.4, -0.2) is 37.7 Å². The minimum Gasteiger partial charge on any atom is -0.413 e. The van der Waals surface area contributed by atoms with Gasteiger partial charge >= 0.3 is 0 Å². The summed E-state index contributed by atoms with van der Waals surface area (Å²) in [6.45, 7) is 17.1. The van der Waals surface area contributed by atoms with Gasteiger partial charge in [0.15, 0.2) is 14.1 Å². The van der Waals surface area contributed by atoms with Crippen molar-refractivity contribution in [3.8, 4) is 0 Å². The van der Waals surface area contributed by atoms with Crippen molar-refractivity contribution in [1.82, 2.24) is 0 Å². The van der Waals surface area contributed by atoms with E-state index in [0.29, 0.717) is 25.7 Å². The molecule has 0 N–H and O–H groups in total. The van der Waals surface area contributed by atoms with Gasteiger partial charge in [0.2, 0.25) is 0 Å². The van der Waals surface area contributed by atoms with Crippen molar-refractivity contribution in [3.05, 3.63) is 12.7 Å². The Morgan fingerprint density at radius 1 is 1.31 bits per heavy atom. The van der Waals surface area contributed by atoms with Gasteiger partial charge in [0.1, 0.15) is 11.9 Å². The molecule has 1 spiro atoms. The molecule has 5 heteroatoms. The summed E-state index contributed by atoms with van der Waals surface area (Å²) >= 11 is 0. The zero-order valence-corrected chi connectivity index (χ0v) is 18.1. The Bertz CT molecular complexity index is 620. The number of ketones is 2. The van der Waals surface area contributed by atoms with Crippen LogP contribution in [0, 0.1) is 17.8 Å². The molecule has 0 amide bonds. The highest BCUT2D eigenvalue weighted by atomic mass is 28.4. The number of rotatable bonds is 4. The monoisotopic (exact) mass is 378 g/mol. The minimum atomic E-state index is -2.01. The third-order valence-electron chi connectivity index (χ3n) is 7.43. The van der Waals surface area contributed by atoms with Gasteiger partial charge in [-0.2, -0.15) is 0 Å². The zero-order chi connectivity index (χ0) is 19.5. The third kappa shape index (κ3) is 2.87. The summed E-state index contributed by atoms with van der Waals surface area (Å²) in [5, 5.41) is 0.0896. The van der Waals surface area contributed by atoms with Gasteiger partial charge in [-0.05, 0) is 30.5 Å². The Hall–Kier alpha value is -0.783. The van der Waals surface area contributed by atoms with E-state index in [0.717, 1.165) is 0 Å². The van der Waals surface area contributed by atoms with Crippen molar-refractivity contribution in [2.45, 2.75) is 89.3 Å². The summed E-state index contributed by atoms with van der Waals surface area (Å²) < 4.78 is 13.2. The smallest absolute Gasteiger partial charge is 0.192 e. The fourth-order valence-corrected chi connectivity index (χ4v) is 6.48. The number of allylic oxidation sites excluding steroid dienone is 1. The van der Waals surface area contributed by atoms with Crippen LogP contribution in [0.15, 0.2) is 12.7 Å². The number of fused-ring (bicyclic) bond motifs is 1. The van der Waals surface area contributed by atoms with E-state index in [-0.39, 0.29) is 46.6 Å². The van der Waals surface area contributed by atoms with Gasteiger partial charge < -0.3 is 9.16 Å². The van der Waals surface area contributed by atoms with Crippen LogP contribution < -0.4 is 0 Å². The number of carbonyl (C=O) groups excluding carboxylic acids is 2. The maximum Gasteiger partial charge on any atom is 0.192 e. The Kier molecular flexibility index (Phi) is 4.90. The number of ether oxygens (including phenoxy) is 1. The van der Waals surface area contributed by atoms with Crippen LogP contribution in [0.4, 0.5) is 0 Å². The van der Waals surface area contributed by atoms with Crippen molar-refractivity contribution in [1.29, 1.82) is 0 Å². The second-order valence-electron chi connectivity index (χ2n) is 10.0. The van der Waals surface area contributed by atoms with E-state index in [9.17, 15) is 9.59 Å². The van der Waals surface area contributed by atoms with Crippen LogP contribution in [0.1, 0.15) is 53.4 Å². The maximum absolute atomic E-state index is 13.1. The molecule has 0 unspecified atom stereocenters. The topological polar surface area (TPSA) is 52.6 Å². The number of carbonyl (C=O) groups is 2. The Balaban J connectivity index is 2.01. The van der Waals surface area contributed by atoms with Gasteiger partial charge in [-0.1, -0.05) is 33.8 Å². The molecule has 26 heavy (non-hydrogen) atoms. The Morgan fingerprint density at radius 3 is 2.54 bits per heavy atom. The quantitative estimate of drug-likeness (QED) is 0.541. The van der Waals surface area contributed by atoms with Crippen molar-refractivity contribution >= 4 is 19.9 Å². The van der Waals surface area contributed by atoms with Crippen molar-refractivity contribution in [2.24, 2.45) is 17.8 Å². The molecule has 2 heterocycles. The van der Waals surface area contributed by atoms with Gasteiger partial charge in [0.25, 0.3) is 0 Å². The molecule has 6 atom stereocenters. The molecule has 2 aliphatic heterocycles. The summed E-state index contributed by atoms with van der Waals surface area (Å²) in [7, 11) is -2.01. The predicted molar refractivity (Wildman–Crippen MR) is 104 cm³/mol. The van der Waals surface area contributed by atoms with Crippen molar-refractivity contribution < 1.29 is 18.8 Å². The first-order valence-corrected chi connectivity index (χ1v) is 12.9. The average Bonchev–Trinajstić information content (AvgIpc) is 2.72. The summed E-state index contributed by atoms with van der Waals surface area (Å²) in [6, 6.07) is 0. The lowest BCUT2D eigenvalue weighted by atomic mass is 9.61. The molecule has 0 aromatic rings. The fourth-order valence-electron chi connectivity index (χ4n) is 5.11. The van der Waals surface area contributed by atoms with Gasteiger partial charge in [0, 0.05) is 25.2 Å². The number of Topliss-reactive ketones (excluding diaryl/α,β-unsaturated/α-hetero) is 2. The van der Waals surface area contributed by atoms with E-state index in [2.05, 4.69) is 47.4 Å². The van der Waals surface area contributed by atoms with Gasteiger partial charge in [-0.25, -0.2) is 0 Å². The average molecular weight is 379 g/mol. The molecule has 0 radical (unpaired) electrons. The standard InChI is InChI=1S/C21H34O4Si/c1-8-9-15-19(23)18-12-17(25-26(6,7)20(3,4)5)16-11-14(22)10-13(2)21(15,16)24-18/h8,13,15-18H,1,9-12H2,2-7H3/t13-,15+,16-,17-,18+,21+/m1/s1. The molecule has 1 aliphatic carbocycles. The van der Waals surface area contributed by atoms with Crippen LogP contribution in [0.2, 0.25) is 18.1 Å². The molecule has 0 aromatic heterocycles. The SMILES string of the molecule is C=CC[C@H]1C(=O)[C@@H]2C[C@@H](O[Si](C)(C)C(C)(C)C)[C@H]3CC(=O)C[C@@H](C)[C@@]31O2. The second kappa shape index (κ2) is 6.38. The zero-order valence-electron chi connectivity index (χ0n) is 17.1. The lowest BCUT2D eigenvalue weighted by molar-refractivity contribution is -0.208. The van der Waals surface area contributed by atoms with Crippen LogP contribution in [-0.2, 0) is 18.8 Å². The van der Waals surface area contributed by atoms with Gasteiger partial charge in [-0.3, -0.25) is 9.59 Å². The van der Waals surface area contributed by atoms with Crippen molar-refractivity contribution in [2.75, 3.05) is 0 Å². The number of hydrogen-bond acceptors (Lipinski definition) is 4. The normalized spacial score (nSPS) is 40.5. The molecule has 4 nitrogen and oxygen atoms in total. The molecular formula is C21H34O4Si. The van der Waals surface area contributed by atoms with E-state index >= 15 is 0 Å². The van der Waals surface area contributed by atoms with E-state index in [1.165, 1.54) is 0 Å². The first kappa shape index (κ1) is 20.0. The largest absolute Gasteiger partial charge is 0.413 e. The van der Waals surface area contributed by atoms with E-state index in [1.807, 2.05) is 6.08 Å². The minimum absolute atomic E-state index is 0.0273. The highest BCUT2D eigenvalue weighted by Gasteiger charge is 2.67. The summed E-state index contributed by atoms with van der Waals surface area (Å²) in [5.41, 5.74) is -0.560. The predicted octanol–water partition coefficient (Wildman–Crippen LogP) is 4.29. The lowest BCUT2D eigenvalue weighted by Crippen LogP contribution is -2.61. The lowest BCUT2D eigenvalue weighted by Gasteiger charge is -2.54. The highest BCUT2D eigenvalue weighted by molar-refractivity contribution is 6.74. The summed E-state index contributed by atoms with van der Waals surface area (Å²) in [4.78, 5) is 25.5. The van der Waals surface area contributed by atoms with Crippen LogP contribution in [0.5, 0.6) is 0 Å². The Labute approximate surface area is 158 Å². The van der Waals surface area contributed by atoms with Crippen LogP contribution in [0.3, 0.4) is 0 Å². The van der Waals surface area contributed by atoms with Crippen LogP contribution in [0.25, 0.3) is 0 Å². The molecular weight excluding hydrogens is 344 g/mol. The first-order valence-electron chi connectivity index (χ1n) is 9.96. The summed E-state index contributed by atoms with van der Waals surface area (Å²) in [5.74, 6) is 0.290. The van der Waals surface area contributed by atoms with E-state index < -0.39 is 13.9 Å². The first-order chi connectivity index (χ1) is 11.9. The van der Waals surface area contributed by atoms with E-state index in [1.54, 1.807) is 0 Å². The maximum atomic E-state index is 13.1. The highest BCUT2D eigenvalue weighted by Crippen LogP contribution is 2.58. The number of hydrogen-bond donors (Lipinski definition) is 0. The van der Waals surface area contributed by atoms with E-state index in [4.69, 9.17) is 9.16 Å². The molecule has 146 valence electrons. The van der Waals surface area contributed by atoms with Gasteiger partial charge in [-0.15, -0.1) is 6.58 Å². The molecule has 2 saturated heterocycles. The summed E-state index contributed by atoms with van der Waals surface area (Å²) in [6.07, 6.45) is 3.55. The molecule has 3 fully saturated rings. The molecule has 0 aromatic carbocycles. The second-order valence-corrected chi connectivity index (χ2v) is 14.8. The fraction of sp³-hybridized carbons (Fsp3) is 0.810. The molecule has 1 saturated carbocycles. The Morgan fingerprint density at radius 2 is 1.96 bits per heavy atom. The molecule has 3 rings (SSSR count). The van der Waals surface area contributed by atoms with Gasteiger partial charge in [0.05, 0.1) is 17.6 Å².